The third kappa shape index (κ3) is 3.54. The van der Waals surface area contributed by atoms with Crippen LogP contribution in [0.1, 0.15) is 23.1 Å². The number of hydrogen-bond acceptors (Lipinski definition) is 9. The minimum absolute atomic E-state index is 0.0203. The Kier molecular flexibility index (Phi) is 6.27. The van der Waals surface area contributed by atoms with Gasteiger partial charge in [0, 0.05) is 30.7 Å². The summed E-state index contributed by atoms with van der Waals surface area (Å²) in [5, 5.41) is 46.6. The van der Waals surface area contributed by atoms with Gasteiger partial charge in [-0.3, -0.25) is 19.2 Å². The third-order valence-electron chi connectivity index (χ3n) is 7.67. The highest BCUT2D eigenvalue weighted by atomic mass is 16.3. The van der Waals surface area contributed by atoms with Gasteiger partial charge in [-0.05, 0) is 56.1 Å². The smallest absolute Gasteiger partial charge is 0.243 e. The molecule has 0 heterocycles. The summed E-state index contributed by atoms with van der Waals surface area (Å²) in [5.74, 6) is -8.29. The van der Waals surface area contributed by atoms with E-state index in [4.69, 9.17) is 5.73 Å². The van der Waals surface area contributed by atoms with Crippen LogP contribution in [-0.2, 0) is 25.6 Å². The van der Waals surface area contributed by atoms with Gasteiger partial charge in [-0.15, -0.1) is 0 Å². The molecule has 7 N–H and O–H groups in total. The predicted octanol–water partition coefficient (Wildman–Crippen LogP) is -1.11. The molecule has 6 atom stereocenters. The normalized spacial score (nSPS) is 31.8. The fourth-order valence-electron chi connectivity index (χ4n) is 6.03. The molecule has 2 unspecified atom stereocenters. The van der Waals surface area contributed by atoms with Crippen molar-refractivity contribution in [2.75, 3.05) is 21.1 Å². The predicted molar refractivity (Wildman–Crippen MR) is 127 cm³/mol. The second-order valence-corrected chi connectivity index (χ2v) is 9.77. The molecule has 3 aliphatic rings. The van der Waals surface area contributed by atoms with E-state index in [1.165, 1.54) is 30.2 Å². The van der Waals surface area contributed by atoms with Crippen molar-refractivity contribution in [1.82, 2.24) is 10.2 Å². The minimum atomic E-state index is -2.70. The average Bonchev–Trinajstić information content (AvgIpc) is 2.80. The third-order valence-corrected chi connectivity index (χ3v) is 7.67. The summed E-state index contributed by atoms with van der Waals surface area (Å²) in [5.41, 5.74) is 3.42. The minimum Gasteiger partial charge on any atom is -0.507 e. The summed E-state index contributed by atoms with van der Waals surface area (Å²) in [7, 11) is 4.65. The van der Waals surface area contributed by atoms with Crippen molar-refractivity contribution in [3.8, 4) is 5.75 Å². The number of ketones is 2. The maximum absolute atomic E-state index is 13.7. The lowest BCUT2D eigenvalue weighted by molar-refractivity contribution is -0.184. The molecule has 0 bridgehead atoms. The largest absolute Gasteiger partial charge is 0.507 e. The molecule has 0 aromatic heterocycles. The zero-order valence-corrected chi connectivity index (χ0v) is 20.1. The zero-order valence-electron chi connectivity index (χ0n) is 20.1. The van der Waals surface area contributed by atoms with Crippen molar-refractivity contribution >= 4 is 35.2 Å². The van der Waals surface area contributed by atoms with Gasteiger partial charge in [-0.2, -0.15) is 0 Å². The molecule has 1 aromatic rings. The molecule has 0 saturated heterocycles. The Hall–Kier alpha value is -3.54. The number of aliphatic hydroxyl groups is 3. The van der Waals surface area contributed by atoms with Crippen molar-refractivity contribution in [2.24, 2.45) is 23.5 Å². The van der Waals surface area contributed by atoms with E-state index < -0.39 is 58.7 Å². The number of likely N-dealkylation sites (N-methyl/N-ethyl adjacent to an activating group) is 2. The van der Waals surface area contributed by atoms with Crippen LogP contribution in [0.4, 0.5) is 0 Å². The Morgan fingerprint density at radius 2 is 1.89 bits per heavy atom. The number of rotatable bonds is 4. The van der Waals surface area contributed by atoms with Gasteiger partial charge in [0.25, 0.3) is 0 Å². The Labute approximate surface area is 206 Å². The number of amides is 2. The summed E-state index contributed by atoms with van der Waals surface area (Å²) >= 11 is 0. The standard InChI is InChI=1S/C25H29N3O8/c1-27-15(30)7-5-10-4-6-14(29)17-12(10)8-11-9-13-19(28(2)3)21(32)18(24(26)35)23(34)25(13,36)22(33)16(11)20(17)31/h4-7,11,13,18-19,21,29,31-32,36H,8-9H2,1-3H3,(H2,26,35)(H,27,30)/b7-5+/t11-,13-,18?,19-,21?,25-/m0/s1. The lowest BCUT2D eigenvalue weighted by atomic mass is 9.54. The molecule has 2 fully saturated rings. The number of aromatic hydroxyl groups is 1. The molecule has 4 rings (SSSR count). The van der Waals surface area contributed by atoms with E-state index in [-0.39, 0.29) is 35.6 Å². The highest BCUT2D eigenvalue weighted by Gasteiger charge is 2.67. The highest BCUT2D eigenvalue weighted by molar-refractivity contribution is 6.25. The van der Waals surface area contributed by atoms with Gasteiger partial charge in [-0.25, -0.2) is 0 Å². The van der Waals surface area contributed by atoms with Crippen molar-refractivity contribution < 1.29 is 39.6 Å². The first-order valence-electron chi connectivity index (χ1n) is 11.5. The molecular weight excluding hydrogens is 470 g/mol. The Morgan fingerprint density at radius 3 is 2.47 bits per heavy atom. The molecule has 0 radical (unpaired) electrons. The number of fused-ring (bicyclic) bond motifs is 3. The number of nitrogens with one attached hydrogen (secondary N) is 1. The van der Waals surface area contributed by atoms with Crippen LogP contribution in [0, 0.1) is 17.8 Å². The number of benzene rings is 1. The number of primary amides is 1. The van der Waals surface area contributed by atoms with Crippen LogP contribution in [0.5, 0.6) is 5.75 Å². The Bertz CT molecular complexity index is 1240. The first-order valence-corrected chi connectivity index (χ1v) is 11.5. The Morgan fingerprint density at radius 1 is 1.22 bits per heavy atom. The maximum atomic E-state index is 13.7. The van der Waals surface area contributed by atoms with Gasteiger partial charge < -0.3 is 36.4 Å². The van der Waals surface area contributed by atoms with E-state index in [1.807, 2.05) is 0 Å². The van der Waals surface area contributed by atoms with E-state index in [9.17, 15) is 39.6 Å². The first-order chi connectivity index (χ1) is 16.9. The number of carbonyl (C=O) groups excluding carboxylic acids is 4. The summed E-state index contributed by atoms with van der Waals surface area (Å²) < 4.78 is 0. The molecule has 11 heteroatoms. The van der Waals surface area contributed by atoms with Crippen LogP contribution in [0.15, 0.2) is 23.8 Å². The highest BCUT2D eigenvalue weighted by Crippen LogP contribution is 2.52. The summed E-state index contributed by atoms with van der Waals surface area (Å²) in [6.07, 6.45) is 1.43. The van der Waals surface area contributed by atoms with E-state index in [2.05, 4.69) is 5.32 Å². The van der Waals surface area contributed by atoms with Gasteiger partial charge in [0.2, 0.25) is 17.6 Å². The van der Waals surface area contributed by atoms with E-state index in [1.54, 1.807) is 20.2 Å². The van der Waals surface area contributed by atoms with Gasteiger partial charge in [0.05, 0.1) is 11.7 Å². The van der Waals surface area contributed by atoms with Crippen LogP contribution in [0.25, 0.3) is 11.8 Å². The van der Waals surface area contributed by atoms with Gasteiger partial charge in [0.15, 0.2) is 11.4 Å². The molecule has 11 nitrogen and oxygen atoms in total. The Balaban J connectivity index is 1.90. The molecule has 192 valence electrons. The molecule has 0 spiro atoms. The van der Waals surface area contributed by atoms with Crippen molar-refractivity contribution in [1.29, 1.82) is 0 Å². The first kappa shape index (κ1) is 25.5. The summed E-state index contributed by atoms with van der Waals surface area (Å²) in [6, 6.07) is 1.91. The number of nitrogens with zero attached hydrogens (tertiary/aromatic N) is 1. The van der Waals surface area contributed by atoms with E-state index in [0.717, 1.165) is 0 Å². The molecule has 0 aliphatic heterocycles. The second kappa shape index (κ2) is 8.84. The van der Waals surface area contributed by atoms with Crippen molar-refractivity contribution in [2.45, 2.75) is 30.6 Å². The lowest BCUT2D eigenvalue weighted by Crippen LogP contribution is -2.73. The van der Waals surface area contributed by atoms with Gasteiger partial charge in [0.1, 0.15) is 17.4 Å². The molecule has 2 amide bonds. The van der Waals surface area contributed by atoms with Crippen LogP contribution in [-0.4, -0.2) is 87.6 Å². The molecule has 2 saturated carbocycles. The number of aliphatic hydroxyl groups excluding tert-OH is 2. The van der Waals surface area contributed by atoms with Crippen LogP contribution in [0.2, 0.25) is 0 Å². The topological polar surface area (TPSA) is 190 Å². The number of phenolic OH excluding ortho intramolecular Hbond substituents is 1. The van der Waals surface area contributed by atoms with Crippen LogP contribution >= 0.6 is 0 Å². The molecule has 36 heavy (non-hydrogen) atoms. The summed E-state index contributed by atoms with van der Waals surface area (Å²) in [4.78, 5) is 52.3. The average molecular weight is 500 g/mol. The molecule has 1 aromatic carbocycles. The van der Waals surface area contributed by atoms with Crippen molar-refractivity contribution in [3.63, 3.8) is 0 Å². The number of Topliss-reactive ketones (excluding diaryl/α,β-unsaturated/α-hetero) is 2. The molecular formula is C25H29N3O8. The van der Waals surface area contributed by atoms with Crippen molar-refractivity contribution in [3.05, 3.63) is 40.5 Å². The van der Waals surface area contributed by atoms with E-state index in [0.29, 0.717) is 11.1 Å². The fraction of sp³-hybridized carbons (Fsp3) is 0.440. The maximum Gasteiger partial charge on any atom is 0.243 e. The molecule has 3 aliphatic carbocycles. The second-order valence-electron chi connectivity index (χ2n) is 9.77. The van der Waals surface area contributed by atoms with Crippen LogP contribution < -0.4 is 11.1 Å². The summed E-state index contributed by atoms with van der Waals surface area (Å²) in [6.45, 7) is 0. The monoisotopic (exact) mass is 499 g/mol. The van der Waals surface area contributed by atoms with Gasteiger partial charge >= 0.3 is 0 Å². The number of nitrogens with two attached hydrogens (primary N) is 1. The SMILES string of the molecule is CNC(=O)/C=C/c1ccc(O)c2c1C[C@H]1C[C@H]3[C@H](N(C)C)C(O)C(C(N)=O)C(=O)[C@@]3(O)C(=O)C1=C2O. The number of phenols is 1. The lowest BCUT2D eigenvalue weighted by Gasteiger charge is -2.53. The number of carbonyl (C=O) groups is 4. The quantitative estimate of drug-likeness (QED) is 0.220. The fourth-order valence-corrected chi connectivity index (χ4v) is 6.03. The van der Waals surface area contributed by atoms with Crippen LogP contribution in [0.3, 0.4) is 0 Å². The zero-order chi connectivity index (χ0) is 26.7. The number of hydrogen-bond donors (Lipinski definition) is 6. The van der Waals surface area contributed by atoms with Gasteiger partial charge in [-0.1, -0.05) is 6.07 Å². The van der Waals surface area contributed by atoms with E-state index >= 15 is 0 Å².